The van der Waals surface area contributed by atoms with Crippen molar-refractivity contribution in [3.63, 3.8) is 0 Å². The molecule has 0 fully saturated rings. The van der Waals surface area contributed by atoms with Gasteiger partial charge in [0.25, 0.3) is 0 Å². The van der Waals surface area contributed by atoms with Gasteiger partial charge in [-0.05, 0) is 93.4 Å². The van der Waals surface area contributed by atoms with Crippen molar-refractivity contribution >= 4 is 33.1 Å². The molecule has 0 saturated heterocycles. The van der Waals surface area contributed by atoms with Gasteiger partial charge in [0.1, 0.15) is 5.58 Å². The maximum absolute atomic E-state index is 8.31. The molecule has 0 spiro atoms. The van der Waals surface area contributed by atoms with Gasteiger partial charge in [0.05, 0.1) is 33.7 Å². The Hall–Kier alpha value is -6.46. The molecule has 4 aromatic heterocycles. The Kier molecular flexibility index (Phi) is 12.1. The third kappa shape index (κ3) is 9.13. The summed E-state index contributed by atoms with van der Waals surface area (Å²) in [7, 11) is 0. The molecule has 0 aliphatic heterocycles. The molecule has 64 heavy (non-hydrogen) atoms. The van der Waals surface area contributed by atoms with Gasteiger partial charge < -0.3 is 14.0 Å². The first-order valence-corrected chi connectivity index (χ1v) is 21.7. The number of imidazole rings is 1. The van der Waals surface area contributed by atoms with Gasteiger partial charge in [-0.2, -0.15) is 0 Å². The molecule has 10 aromatic rings. The molecule has 321 valence electrons. The zero-order valence-electron chi connectivity index (χ0n) is 39.3. The molecular weight excluding hydrogens is 961 g/mol. The summed E-state index contributed by atoms with van der Waals surface area (Å²) in [6.07, 6.45) is 0.258. The normalized spacial score (nSPS) is 12.3. The Balaban J connectivity index is 0.000000249. The quantitative estimate of drug-likeness (QED) is 0.142. The first-order valence-electron chi connectivity index (χ1n) is 22.7. The second-order valence-corrected chi connectivity index (χ2v) is 17.6. The van der Waals surface area contributed by atoms with Crippen LogP contribution in [0.4, 0.5) is 0 Å². The van der Waals surface area contributed by atoms with Crippen LogP contribution < -0.4 is 0 Å². The van der Waals surface area contributed by atoms with E-state index in [-0.39, 0.29) is 20.1 Å². The van der Waals surface area contributed by atoms with Crippen molar-refractivity contribution in [2.45, 2.75) is 66.7 Å². The van der Waals surface area contributed by atoms with Crippen molar-refractivity contribution in [2.75, 3.05) is 0 Å². The third-order valence-electron chi connectivity index (χ3n) is 11.2. The van der Waals surface area contributed by atoms with Crippen LogP contribution >= 0.6 is 0 Å². The molecule has 10 rings (SSSR count). The minimum Gasteiger partial charge on any atom is -0.499 e. The van der Waals surface area contributed by atoms with Gasteiger partial charge in [-0.15, -0.1) is 54.1 Å². The molecule has 0 bridgehead atoms. The van der Waals surface area contributed by atoms with E-state index < -0.39 is 11.8 Å². The number of benzene rings is 6. The molecule has 6 heteroatoms. The zero-order valence-corrected chi connectivity index (χ0v) is 39.7. The number of pyridine rings is 2. The predicted octanol–water partition coefficient (Wildman–Crippen LogP) is 15.5. The Morgan fingerprint density at radius 2 is 1.36 bits per heavy atom. The van der Waals surface area contributed by atoms with E-state index in [2.05, 4.69) is 140 Å². The maximum Gasteiger partial charge on any atom is 0.139 e. The number of aromatic nitrogens is 4. The molecule has 0 aliphatic carbocycles. The summed E-state index contributed by atoms with van der Waals surface area (Å²) in [4.78, 5) is 14.7. The summed E-state index contributed by atoms with van der Waals surface area (Å²) >= 11 is 0. The summed E-state index contributed by atoms with van der Waals surface area (Å²) in [5.74, 6) is 1.48. The second kappa shape index (κ2) is 18.7. The Labute approximate surface area is 393 Å². The van der Waals surface area contributed by atoms with Gasteiger partial charge >= 0.3 is 0 Å². The molecule has 0 amide bonds. The monoisotopic (exact) mass is 1020 g/mol. The van der Waals surface area contributed by atoms with Gasteiger partial charge in [0, 0.05) is 40.3 Å². The largest absolute Gasteiger partial charge is 0.499 e. The minimum atomic E-state index is -1.40. The number of rotatable bonds is 8. The fourth-order valence-corrected chi connectivity index (χ4v) is 8.26. The Morgan fingerprint density at radius 1 is 0.656 bits per heavy atom. The van der Waals surface area contributed by atoms with Crippen molar-refractivity contribution in [1.29, 1.82) is 0 Å². The second-order valence-electron chi connectivity index (χ2n) is 17.6. The average Bonchev–Trinajstić information content (AvgIpc) is 3.90. The number of nitrogens with zero attached hydrogens (tertiary/aromatic N) is 4. The zero-order chi connectivity index (χ0) is 45.5. The Morgan fingerprint density at radius 3 is 2.09 bits per heavy atom. The van der Waals surface area contributed by atoms with E-state index in [4.69, 9.17) is 17.1 Å². The number of hydrogen-bond acceptors (Lipinski definition) is 4. The van der Waals surface area contributed by atoms with Gasteiger partial charge in [-0.25, -0.2) is 4.98 Å². The van der Waals surface area contributed by atoms with Gasteiger partial charge in [0.15, 0.2) is 0 Å². The molecule has 0 aliphatic rings. The topological polar surface area (TPSA) is 56.7 Å². The number of furan rings is 1. The SMILES string of the molecule is CC(C)c1cccc(C(C)C)c1-n1c(-c2[c-]ccc3c2oc2ccc(-c4cccc(-c5ccccc5)c4)nc23)nc2ccccc21.[2H]C([2H])(c1ccnc(-c2[c-]cccc2)c1)C(C)(C)C.[Ir]. The standard InChI is InChI=1S/C42H34N3O.C16H18N.Ir/c1-26(2)31-17-11-18-32(27(3)4)40(31)45-37-22-9-8-21-36(37)44-42(45)34-20-12-19-33-39-38(46-41(33)34)24-23-35(43-39)30-16-10-15-29(25-30)28-13-6-5-7-14-28;1-16(2,3)12-13-9-10-17-15(11-13)14-7-5-4-6-8-14;/h5-19,21-27H,1-4H3;4-7,9-11H,12H2,1-3H3;/q2*-1;/i;12D2;. The molecular formula is C58H52IrN4O-2. The third-order valence-corrected chi connectivity index (χ3v) is 11.2. The van der Waals surface area contributed by atoms with Crippen LogP contribution in [0.1, 0.15) is 79.7 Å². The molecule has 4 heterocycles. The molecule has 0 N–H and O–H groups in total. The number of fused-ring (bicyclic) bond motifs is 4. The van der Waals surface area contributed by atoms with Crippen LogP contribution in [0.2, 0.25) is 0 Å². The van der Waals surface area contributed by atoms with Crippen molar-refractivity contribution in [2.24, 2.45) is 5.41 Å². The van der Waals surface area contributed by atoms with Crippen LogP contribution in [-0.4, -0.2) is 19.5 Å². The van der Waals surface area contributed by atoms with Crippen LogP contribution in [0.15, 0.2) is 168 Å². The maximum atomic E-state index is 8.31. The summed E-state index contributed by atoms with van der Waals surface area (Å²) < 4.78 is 25.6. The summed E-state index contributed by atoms with van der Waals surface area (Å²) in [6, 6.07) is 59.9. The van der Waals surface area contributed by atoms with Crippen LogP contribution in [0.25, 0.3) is 83.8 Å². The summed E-state index contributed by atoms with van der Waals surface area (Å²) in [5.41, 5.74) is 15.1. The van der Waals surface area contributed by atoms with Crippen molar-refractivity contribution < 1.29 is 27.3 Å². The molecule has 0 atom stereocenters. The summed E-state index contributed by atoms with van der Waals surface area (Å²) in [5, 5.41) is 0.949. The van der Waals surface area contributed by atoms with E-state index in [0.717, 1.165) is 72.6 Å². The van der Waals surface area contributed by atoms with Gasteiger partial charge in [0.2, 0.25) is 0 Å². The van der Waals surface area contributed by atoms with E-state index in [1.807, 2.05) is 81.4 Å². The van der Waals surface area contributed by atoms with Gasteiger partial charge in [-0.1, -0.05) is 145 Å². The van der Waals surface area contributed by atoms with E-state index in [1.54, 1.807) is 12.3 Å². The molecule has 1 radical (unpaired) electrons. The Bertz CT molecular complexity index is 3270. The van der Waals surface area contributed by atoms with Crippen molar-refractivity contribution in [1.82, 2.24) is 19.5 Å². The van der Waals surface area contributed by atoms with Gasteiger partial charge in [-0.3, -0.25) is 4.98 Å². The first-order chi connectivity index (χ1) is 31.3. The molecule has 5 nitrogen and oxygen atoms in total. The van der Waals surface area contributed by atoms with Crippen molar-refractivity contribution in [3.8, 4) is 50.7 Å². The minimum absolute atomic E-state index is 0. The van der Waals surface area contributed by atoms with Crippen LogP contribution in [0.3, 0.4) is 0 Å². The van der Waals surface area contributed by atoms with E-state index in [0.29, 0.717) is 17.4 Å². The fourth-order valence-electron chi connectivity index (χ4n) is 8.26. The molecule has 6 aromatic carbocycles. The van der Waals surface area contributed by atoms with Crippen molar-refractivity contribution in [3.05, 3.63) is 193 Å². The molecule has 0 saturated carbocycles. The van der Waals surface area contributed by atoms with E-state index >= 15 is 0 Å². The predicted molar refractivity (Wildman–Crippen MR) is 261 cm³/mol. The van der Waals surface area contributed by atoms with Crippen LogP contribution in [-0.2, 0) is 26.5 Å². The summed E-state index contributed by atoms with van der Waals surface area (Å²) in [6.45, 7) is 14.7. The molecule has 0 unspecified atom stereocenters. The van der Waals surface area contributed by atoms with E-state index in [1.165, 1.54) is 22.4 Å². The average molecular weight is 1020 g/mol. The van der Waals surface area contributed by atoms with E-state index in [9.17, 15) is 0 Å². The fraction of sp³-hybridized carbons (Fsp3) is 0.190. The number of para-hydroxylation sites is 3. The van der Waals surface area contributed by atoms with Crippen LogP contribution in [0.5, 0.6) is 0 Å². The van der Waals surface area contributed by atoms with Crippen LogP contribution in [0, 0.1) is 17.5 Å². The number of hydrogen-bond donors (Lipinski definition) is 0. The first kappa shape index (κ1) is 41.5. The smallest absolute Gasteiger partial charge is 0.139 e.